The number of hydrogen-bond donors (Lipinski definition) is 1. The number of ketones is 1. The zero-order valence-corrected chi connectivity index (χ0v) is 14.0. The molecule has 4 heteroatoms. The van der Waals surface area contributed by atoms with Crippen LogP contribution in [0.5, 0.6) is 0 Å². The quantitative estimate of drug-likeness (QED) is 0.641. The lowest BCUT2D eigenvalue weighted by atomic mass is 9.54. The molecular weight excluding hydrogens is 292 g/mol. The molecule has 4 nitrogen and oxygen atoms in total. The lowest BCUT2D eigenvalue weighted by molar-refractivity contribution is -0.166. The molecule has 0 amide bonds. The minimum absolute atomic E-state index is 0.0357. The first-order valence-corrected chi connectivity index (χ1v) is 8.96. The van der Waals surface area contributed by atoms with E-state index in [0.717, 1.165) is 38.5 Å². The van der Waals surface area contributed by atoms with Gasteiger partial charge in [0.25, 0.3) is 0 Å². The first-order chi connectivity index (χ1) is 11.0. The van der Waals surface area contributed by atoms with Gasteiger partial charge in [0.05, 0.1) is 0 Å². The molecule has 0 aromatic rings. The number of hydrogen-bond acceptors (Lipinski definition) is 4. The molecule has 0 aliphatic heterocycles. The van der Waals surface area contributed by atoms with Gasteiger partial charge in [-0.1, -0.05) is 13.0 Å². The average molecular weight is 320 g/mol. The van der Waals surface area contributed by atoms with Crippen molar-refractivity contribution in [1.82, 2.24) is 0 Å². The monoisotopic (exact) mass is 320 g/mol. The van der Waals surface area contributed by atoms with Gasteiger partial charge in [-0.3, -0.25) is 4.79 Å². The van der Waals surface area contributed by atoms with Crippen molar-refractivity contribution in [1.29, 1.82) is 0 Å². The summed E-state index contributed by atoms with van der Waals surface area (Å²) in [6.45, 7) is 5.53. The summed E-state index contributed by atoms with van der Waals surface area (Å²) < 4.78 is 5.63. The Hall–Kier alpha value is -1.16. The number of rotatable bonds is 3. The van der Waals surface area contributed by atoms with E-state index >= 15 is 0 Å². The van der Waals surface area contributed by atoms with Gasteiger partial charge in [0.1, 0.15) is 18.5 Å². The summed E-state index contributed by atoms with van der Waals surface area (Å²) in [6.07, 6.45) is 8.40. The van der Waals surface area contributed by atoms with E-state index in [1.54, 1.807) is 0 Å². The standard InChI is InChI=1S/C19H28O4/c1-3-13-5-8-19-7-4-12(2)17(18(19)14(21)6-9-19)15(10-13)23-16(22)11-20/h3,12-13,15,17-18,20H,1,4-11H2,2H3/t12-,13+,15+,17+,18+,19-/m1/s1. The lowest BCUT2D eigenvalue weighted by Gasteiger charge is -2.51. The van der Waals surface area contributed by atoms with Gasteiger partial charge in [0.2, 0.25) is 0 Å². The highest BCUT2D eigenvalue weighted by molar-refractivity contribution is 5.85. The molecule has 3 aliphatic rings. The Balaban J connectivity index is 1.97. The van der Waals surface area contributed by atoms with Crippen LogP contribution in [-0.4, -0.2) is 29.6 Å². The summed E-state index contributed by atoms with van der Waals surface area (Å²) in [6, 6.07) is 0. The molecular formula is C19H28O4. The molecule has 0 aromatic carbocycles. The number of aliphatic hydroxyl groups excluding tert-OH is 1. The molecule has 0 aromatic heterocycles. The van der Waals surface area contributed by atoms with E-state index in [1.807, 2.05) is 6.08 Å². The molecule has 3 aliphatic carbocycles. The van der Waals surface area contributed by atoms with Crippen molar-refractivity contribution in [2.24, 2.45) is 29.1 Å². The fourth-order valence-electron chi connectivity index (χ4n) is 5.54. The van der Waals surface area contributed by atoms with Gasteiger partial charge in [0, 0.05) is 18.3 Å². The molecule has 3 rings (SSSR count). The molecule has 1 N–H and O–H groups in total. The third kappa shape index (κ3) is 2.86. The van der Waals surface area contributed by atoms with Crippen LogP contribution in [0.15, 0.2) is 12.7 Å². The fourth-order valence-corrected chi connectivity index (χ4v) is 5.54. The molecule has 0 spiro atoms. The number of aliphatic hydroxyl groups is 1. The molecule has 128 valence electrons. The van der Waals surface area contributed by atoms with Crippen molar-refractivity contribution < 1.29 is 19.4 Å². The summed E-state index contributed by atoms with van der Waals surface area (Å²) in [7, 11) is 0. The largest absolute Gasteiger partial charge is 0.460 e. The second kappa shape index (κ2) is 6.39. The molecule has 3 saturated carbocycles. The molecule has 3 fully saturated rings. The number of carbonyl (C=O) groups is 2. The summed E-state index contributed by atoms with van der Waals surface area (Å²) >= 11 is 0. The number of Topliss-reactive ketones (excluding diaryl/α,β-unsaturated/α-hetero) is 1. The highest BCUT2D eigenvalue weighted by Gasteiger charge is 2.58. The first kappa shape index (κ1) is 16.7. The minimum atomic E-state index is -0.597. The number of ether oxygens (including phenoxy) is 1. The second-order valence-electron chi connectivity index (χ2n) is 7.86. The zero-order chi connectivity index (χ0) is 16.6. The normalized spacial score (nSPS) is 43.2. The maximum absolute atomic E-state index is 12.7. The first-order valence-electron chi connectivity index (χ1n) is 8.96. The predicted molar refractivity (Wildman–Crippen MR) is 86.6 cm³/mol. The Kier molecular flexibility index (Phi) is 4.63. The van der Waals surface area contributed by atoms with Crippen LogP contribution in [0.4, 0.5) is 0 Å². The van der Waals surface area contributed by atoms with Gasteiger partial charge < -0.3 is 9.84 Å². The van der Waals surface area contributed by atoms with Crippen molar-refractivity contribution in [3.63, 3.8) is 0 Å². The van der Waals surface area contributed by atoms with Gasteiger partial charge in [-0.05, 0) is 55.8 Å². The van der Waals surface area contributed by atoms with Crippen LogP contribution in [0.1, 0.15) is 51.9 Å². The van der Waals surface area contributed by atoms with E-state index in [4.69, 9.17) is 9.84 Å². The molecule has 0 radical (unpaired) electrons. The van der Waals surface area contributed by atoms with Crippen molar-refractivity contribution in [3.05, 3.63) is 12.7 Å². The SMILES string of the molecule is C=C[C@H]1CC[C@]23CCC(=O)[C@H]2[C@@H]([C@H](C)CC3)[C@@H](OC(=O)CO)C1. The van der Waals surface area contributed by atoms with Crippen LogP contribution in [0, 0.1) is 29.1 Å². The van der Waals surface area contributed by atoms with Gasteiger partial charge in [-0.15, -0.1) is 6.58 Å². The molecule has 0 saturated heterocycles. The average Bonchev–Trinajstić information content (AvgIpc) is 2.86. The fraction of sp³-hybridized carbons (Fsp3) is 0.789. The van der Waals surface area contributed by atoms with E-state index < -0.39 is 12.6 Å². The summed E-state index contributed by atoms with van der Waals surface area (Å²) in [4.78, 5) is 24.4. The molecule has 23 heavy (non-hydrogen) atoms. The van der Waals surface area contributed by atoms with E-state index in [9.17, 15) is 9.59 Å². The number of esters is 1. The lowest BCUT2D eigenvalue weighted by Crippen LogP contribution is -2.50. The van der Waals surface area contributed by atoms with Crippen LogP contribution in [0.2, 0.25) is 0 Å². The molecule has 2 bridgehead atoms. The van der Waals surface area contributed by atoms with Crippen molar-refractivity contribution in [2.75, 3.05) is 6.61 Å². The Morgan fingerprint density at radius 3 is 2.83 bits per heavy atom. The van der Waals surface area contributed by atoms with Gasteiger partial charge in [-0.25, -0.2) is 4.79 Å². The maximum Gasteiger partial charge on any atom is 0.332 e. The van der Waals surface area contributed by atoms with Crippen LogP contribution in [0.25, 0.3) is 0 Å². The number of carbonyl (C=O) groups excluding carboxylic acids is 2. The molecule has 0 heterocycles. The highest BCUT2D eigenvalue weighted by atomic mass is 16.6. The van der Waals surface area contributed by atoms with E-state index in [2.05, 4.69) is 13.5 Å². The highest BCUT2D eigenvalue weighted by Crippen LogP contribution is 2.60. The maximum atomic E-state index is 12.7. The van der Waals surface area contributed by atoms with E-state index in [-0.39, 0.29) is 23.4 Å². The van der Waals surface area contributed by atoms with Gasteiger partial charge in [0.15, 0.2) is 0 Å². The van der Waals surface area contributed by atoms with Gasteiger partial charge in [-0.2, -0.15) is 0 Å². The van der Waals surface area contributed by atoms with Crippen molar-refractivity contribution >= 4 is 11.8 Å². The van der Waals surface area contributed by atoms with Gasteiger partial charge >= 0.3 is 5.97 Å². The van der Waals surface area contributed by atoms with Crippen LogP contribution in [-0.2, 0) is 14.3 Å². The molecule has 6 atom stereocenters. The Labute approximate surface area is 138 Å². The number of allylic oxidation sites excluding steroid dienone is 1. The van der Waals surface area contributed by atoms with E-state index in [0.29, 0.717) is 24.0 Å². The minimum Gasteiger partial charge on any atom is -0.460 e. The Morgan fingerprint density at radius 1 is 1.39 bits per heavy atom. The van der Waals surface area contributed by atoms with Crippen LogP contribution >= 0.6 is 0 Å². The third-order valence-corrected chi connectivity index (χ3v) is 6.74. The second-order valence-corrected chi connectivity index (χ2v) is 7.86. The van der Waals surface area contributed by atoms with Crippen LogP contribution < -0.4 is 0 Å². The van der Waals surface area contributed by atoms with Crippen molar-refractivity contribution in [3.8, 4) is 0 Å². The Morgan fingerprint density at radius 2 is 2.13 bits per heavy atom. The van der Waals surface area contributed by atoms with Crippen molar-refractivity contribution in [2.45, 2.75) is 58.0 Å². The summed E-state index contributed by atoms with van der Waals surface area (Å²) in [5, 5.41) is 9.08. The molecule has 0 unspecified atom stereocenters. The van der Waals surface area contributed by atoms with E-state index in [1.165, 1.54) is 0 Å². The Bertz CT molecular complexity index is 500. The zero-order valence-electron chi connectivity index (χ0n) is 14.0. The topological polar surface area (TPSA) is 63.6 Å². The van der Waals surface area contributed by atoms with Crippen LogP contribution in [0.3, 0.4) is 0 Å². The summed E-state index contributed by atoms with van der Waals surface area (Å²) in [5.74, 6) is 0.601. The smallest absolute Gasteiger partial charge is 0.332 e. The predicted octanol–water partition coefficient (Wildman–Crippen LogP) is 2.89. The third-order valence-electron chi connectivity index (χ3n) is 6.74. The summed E-state index contributed by atoms with van der Waals surface area (Å²) in [5.41, 5.74) is 0.111.